The molecule has 6 heteroatoms. The van der Waals surface area contributed by atoms with E-state index in [-0.39, 0.29) is 24.2 Å². The van der Waals surface area contributed by atoms with Crippen LogP contribution >= 0.6 is 12.4 Å². The molecule has 1 atom stereocenters. The Hall–Kier alpha value is -1.33. The van der Waals surface area contributed by atoms with Crippen molar-refractivity contribution in [2.75, 3.05) is 23.3 Å². The van der Waals surface area contributed by atoms with Crippen molar-refractivity contribution >= 4 is 29.8 Å². The summed E-state index contributed by atoms with van der Waals surface area (Å²) >= 11 is 0. The van der Waals surface area contributed by atoms with E-state index in [0.717, 1.165) is 18.9 Å². The number of carbonyl (C=O) groups excluding carboxylic acids is 1. The molecule has 0 saturated heterocycles. The van der Waals surface area contributed by atoms with Crippen LogP contribution in [0, 0.1) is 5.92 Å². The highest BCUT2D eigenvalue weighted by Crippen LogP contribution is 2.14. The summed E-state index contributed by atoms with van der Waals surface area (Å²) < 4.78 is 0. The Morgan fingerprint density at radius 1 is 1.35 bits per heavy atom. The third-order valence-corrected chi connectivity index (χ3v) is 3.12. The summed E-state index contributed by atoms with van der Waals surface area (Å²) in [5.74, 6) is 0.853. The van der Waals surface area contributed by atoms with Crippen LogP contribution in [-0.2, 0) is 4.79 Å². The van der Waals surface area contributed by atoms with Crippen LogP contribution in [0.25, 0.3) is 0 Å². The standard InChI is InChI=1S/C14H24N4O.ClH/c1-5-18(6-2)12-8-7-11(9-16-12)17-14(19)13(15)10(3)4;/h7-10,13H,5-6,15H2,1-4H3,(H,17,19);1H/t13-;/m0./s1. The van der Waals surface area contributed by atoms with Gasteiger partial charge in [0.25, 0.3) is 0 Å². The maximum Gasteiger partial charge on any atom is 0.241 e. The van der Waals surface area contributed by atoms with E-state index in [0.29, 0.717) is 5.69 Å². The Kier molecular flexibility index (Phi) is 8.18. The molecule has 1 rings (SSSR count). The second-order valence-corrected chi connectivity index (χ2v) is 4.84. The summed E-state index contributed by atoms with van der Waals surface area (Å²) in [5.41, 5.74) is 6.47. The third-order valence-electron chi connectivity index (χ3n) is 3.12. The molecule has 0 saturated carbocycles. The van der Waals surface area contributed by atoms with Crippen LogP contribution < -0.4 is 16.0 Å². The predicted octanol–water partition coefficient (Wildman–Crippen LogP) is 2.27. The largest absolute Gasteiger partial charge is 0.357 e. The Bertz CT molecular complexity index is 404. The Morgan fingerprint density at radius 2 is 1.95 bits per heavy atom. The molecule has 0 unspecified atom stereocenters. The Balaban J connectivity index is 0.00000361. The summed E-state index contributed by atoms with van der Waals surface area (Å²) in [4.78, 5) is 18.3. The number of amides is 1. The van der Waals surface area contributed by atoms with E-state index in [2.05, 4.69) is 29.0 Å². The van der Waals surface area contributed by atoms with Crippen molar-refractivity contribution < 1.29 is 4.79 Å². The van der Waals surface area contributed by atoms with Gasteiger partial charge in [-0.1, -0.05) is 13.8 Å². The maximum atomic E-state index is 11.8. The van der Waals surface area contributed by atoms with Crippen molar-refractivity contribution in [3.63, 3.8) is 0 Å². The van der Waals surface area contributed by atoms with E-state index in [9.17, 15) is 4.79 Å². The molecule has 1 amide bonds. The summed E-state index contributed by atoms with van der Waals surface area (Å²) in [7, 11) is 0. The van der Waals surface area contributed by atoms with Crippen molar-refractivity contribution in [1.82, 2.24) is 4.98 Å². The molecular weight excluding hydrogens is 276 g/mol. The molecule has 0 aromatic carbocycles. The fourth-order valence-corrected chi connectivity index (χ4v) is 1.72. The maximum absolute atomic E-state index is 11.8. The van der Waals surface area contributed by atoms with Crippen molar-refractivity contribution in [3.05, 3.63) is 18.3 Å². The number of nitrogens with two attached hydrogens (primary N) is 1. The number of anilines is 2. The molecule has 0 spiro atoms. The third kappa shape index (κ3) is 4.98. The van der Waals surface area contributed by atoms with Crippen molar-refractivity contribution in [3.8, 4) is 0 Å². The zero-order chi connectivity index (χ0) is 14.4. The van der Waals surface area contributed by atoms with Crippen LogP contribution in [0.3, 0.4) is 0 Å². The van der Waals surface area contributed by atoms with Crippen molar-refractivity contribution in [2.24, 2.45) is 11.7 Å². The summed E-state index contributed by atoms with van der Waals surface area (Å²) in [6.45, 7) is 9.84. The number of hydrogen-bond donors (Lipinski definition) is 2. The smallest absolute Gasteiger partial charge is 0.241 e. The van der Waals surface area contributed by atoms with Gasteiger partial charge in [-0.25, -0.2) is 4.98 Å². The molecule has 0 aliphatic rings. The van der Waals surface area contributed by atoms with E-state index < -0.39 is 6.04 Å². The molecule has 114 valence electrons. The molecule has 3 N–H and O–H groups in total. The van der Waals surface area contributed by atoms with E-state index in [1.807, 2.05) is 26.0 Å². The lowest BCUT2D eigenvalue weighted by Crippen LogP contribution is -2.39. The first-order chi connectivity index (χ1) is 8.99. The monoisotopic (exact) mass is 300 g/mol. The first-order valence-electron chi connectivity index (χ1n) is 6.77. The normalized spacial score (nSPS) is 11.7. The second kappa shape index (κ2) is 8.76. The lowest BCUT2D eigenvalue weighted by Gasteiger charge is -2.20. The molecule has 0 aliphatic carbocycles. The first-order valence-corrected chi connectivity index (χ1v) is 6.77. The highest BCUT2D eigenvalue weighted by atomic mass is 35.5. The topological polar surface area (TPSA) is 71.2 Å². The fraction of sp³-hybridized carbons (Fsp3) is 0.571. The van der Waals surface area contributed by atoms with Gasteiger partial charge in [-0.3, -0.25) is 4.79 Å². The van der Waals surface area contributed by atoms with E-state index in [1.165, 1.54) is 0 Å². The number of halogens is 1. The summed E-state index contributed by atoms with van der Waals surface area (Å²) in [6.07, 6.45) is 1.67. The molecule has 20 heavy (non-hydrogen) atoms. The van der Waals surface area contributed by atoms with Crippen molar-refractivity contribution in [1.29, 1.82) is 0 Å². The van der Waals surface area contributed by atoms with Crippen molar-refractivity contribution in [2.45, 2.75) is 33.7 Å². The van der Waals surface area contributed by atoms with Gasteiger partial charge in [-0.05, 0) is 31.9 Å². The molecule has 0 radical (unpaired) electrons. The lowest BCUT2D eigenvalue weighted by atomic mass is 10.1. The summed E-state index contributed by atoms with van der Waals surface area (Å²) in [5, 5.41) is 2.78. The summed E-state index contributed by atoms with van der Waals surface area (Å²) in [6, 6.07) is 3.26. The minimum Gasteiger partial charge on any atom is -0.357 e. The predicted molar refractivity (Wildman–Crippen MR) is 86.5 cm³/mol. The Labute approximate surface area is 127 Å². The first kappa shape index (κ1) is 18.7. The van der Waals surface area contributed by atoms with Gasteiger partial charge in [0.05, 0.1) is 17.9 Å². The highest BCUT2D eigenvalue weighted by molar-refractivity contribution is 5.94. The molecule has 1 aromatic rings. The average Bonchev–Trinajstić information content (AvgIpc) is 2.41. The number of aromatic nitrogens is 1. The van der Waals surface area contributed by atoms with Gasteiger partial charge in [-0.2, -0.15) is 0 Å². The van der Waals surface area contributed by atoms with Gasteiger partial charge in [0, 0.05) is 13.1 Å². The minimum absolute atomic E-state index is 0. The zero-order valence-electron chi connectivity index (χ0n) is 12.6. The molecule has 0 fully saturated rings. The molecule has 0 aliphatic heterocycles. The Morgan fingerprint density at radius 3 is 2.35 bits per heavy atom. The van der Waals surface area contributed by atoms with Gasteiger partial charge in [-0.15, -0.1) is 12.4 Å². The van der Waals surface area contributed by atoms with Gasteiger partial charge in [0.2, 0.25) is 5.91 Å². The van der Waals surface area contributed by atoms with Crippen LogP contribution in [0.15, 0.2) is 18.3 Å². The zero-order valence-corrected chi connectivity index (χ0v) is 13.4. The van der Waals surface area contributed by atoms with Gasteiger partial charge >= 0.3 is 0 Å². The molecular formula is C14H25ClN4O. The average molecular weight is 301 g/mol. The second-order valence-electron chi connectivity index (χ2n) is 4.84. The number of hydrogen-bond acceptors (Lipinski definition) is 4. The van der Waals surface area contributed by atoms with Crippen LogP contribution in [0.5, 0.6) is 0 Å². The molecule has 0 bridgehead atoms. The van der Waals surface area contributed by atoms with Crippen LogP contribution in [0.4, 0.5) is 11.5 Å². The number of nitrogens with one attached hydrogen (secondary N) is 1. The SMILES string of the molecule is CCN(CC)c1ccc(NC(=O)[C@@H](N)C(C)C)cn1.Cl. The number of rotatable bonds is 6. The van der Waals surface area contributed by atoms with Gasteiger partial charge in [0.15, 0.2) is 0 Å². The van der Waals surface area contributed by atoms with E-state index >= 15 is 0 Å². The molecule has 5 nitrogen and oxygen atoms in total. The fourth-order valence-electron chi connectivity index (χ4n) is 1.72. The minimum atomic E-state index is -0.498. The van der Waals surface area contributed by atoms with Gasteiger partial charge < -0.3 is 16.0 Å². The molecule has 1 aromatic heterocycles. The number of nitrogens with zero attached hydrogens (tertiary/aromatic N) is 2. The van der Waals surface area contributed by atoms with Gasteiger partial charge in [0.1, 0.15) is 5.82 Å². The number of pyridine rings is 1. The van der Waals surface area contributed by atoms with Crippen LogP contribution in [-0.4, -0.2) is 30.0 Å². The highest BCUT2D eigenvalue weighted by Gasteiger charge is 2.17. The lowest BCUT2D eigenvalue weighted by molar-refractivity contribution is -0.118. The van der Waals surface area contributed by atoms with Crippen LogP contribution in [0.1, 0.15) is 27.7 Å². The molecule has 1 heterocycles. The van der Waals surface area contributed by atoms with E-state index in [4.69, 9.17) is 5.73 Å². The quantitative estimate of drug-likeness (QED) is 0.845. The number of carbonyl (C=O) groups is 1. The van der Waals surface area contributed by atoms with Crippen LogP contribution in [0.2, 0.25) is 0 Å². The van der Waals surface area contributed by atoms with E-state index in [1.54, 1.807) is 6.20 Å².